The summed E-state index contributed by atoms with van der Waals surface area (Å²) in [6.07, 6.45) is 0. The predicted octanol–water partition coefficient (Wildman–Crippen LogP) is 2.37. The van der Waals surface area contributed by atoms with E-state index < -0.39 is 0 Å². The summed E-state index contributed by atoms with van der Waals surface area (Å²) >= 11 is 3.39. The molecule has 3 rings (SSSR count). The van der Waals surface area contributed by atoms with Crippen molar-refractivity contribution in [1.29, 1.82) is 0 Å². The van der Waals surface area contributed by atoms with Crippen molar-refractivity contribution in [2.24, 2.45) is 0 Å². The lowest BCUT2D eigenvalue weighted by molar-refractivity contribution is 0.0943. The molecule has 0 saturated carbocycles. The summed E-state index contributed by atoms with van der Waals surface area (Å²) in [5, 5.41) is 14.4. The molecular formula is C17H16BrN5O3. The Labute approximate surface area is 158 Å². The van der Waals surface area contributed by atoms with Gasteiger partial charge in [0, 0.05) is 4.47 Å². The molecule has 2 aromatic carbocycles. The van der Waals surface area contributed by atoms with E-state index in [1.54, 1.807) is 22.9 Å². The fourth-order valence-corrected chi connectivity index (χ4v) is 2.69. The van der Waals surface area contributed by atoms with Crippen LogP contribution in [0.25, 0.3) is 5.69 Å². The van der Waals surface area contributed by atoms with Crippen molar-refractivity contribution in [1.82, 2.24) is 25.5 Å². The van der Waals surface area contributed by atoms with Gasteiger partial charge in [0.1, 0.15) is 17.1 Å². The summed E-state index contributed by atoms with van der Waals surface area (Å²) in [4.78, 5) is 12.6. The second-order valence-electron chi connectivity index (χ2n) is 5.20. The van der Waals surface area contributed by atoms with Gasteiger partial charge in [-0.25, -0.2) is 0 Å². The molecular weight excluding hydrogens is 402 g/mol. The van der Waals surface area contributed by atoms with Gasteiger partial charge in [0.2, 0.25) is 0 Å². The number of rotatable bonds is 6. The largest absolute Gasteiger partial charge is 0.496 e. The van der Waals surface area contributed by atoms with Gasteiger partial charge in [-0.05, 0) is 46.8 Å². The van der Waals surface area contributed by atoms with Crippen LogP contribution in [0.4, 0.5) is 0 Å². The third-order valence-corrected chi connectivity index (χ3v) is 4.20. The average molecular weight is 418 g/mol. The zero-order valence-electron chi connectivity index (χ0n) is 14.1. The Hall–Kier alpha value is -2.94. The molecule has 134 valence electrons. The van der Waals surface area contributed by atoms with Crippen molar-refractivity contribution >= 4 is 21.8 Å². The smallest absolute Gasteiger partial charge is 0.259 e. The standard InChI is InChI=1S/C17H16BrN5O3/c1-25-13-4-3-5-14(26-2)16(13)17(24)19-10-15-20-21-22-23(15)12-8-6-11(18)7-9-12/h3-9H,10H2,1-2H3,(H,19,24). The number of nitrogens with zero attached hydrogens (tertiary/aromatic N) is 4. The van der Waals surface area contributed by atoms with Gasteiger partial charge in [0.25, 0.3) is 5.91 Å². The Balaban J connectivity index is 1.80. The van der Waals surface area contributed by atoms with Crippen LogP contribution >= 0.6 is 15.9 Å². The van der Waals surface area contributed by atoms with E-state index in [4.69, 9.17) is 9.47 Å². The molecule has 0 radical (unpaired) electrons. The summed E-state index contributed by atoms with van der Waals surface area (Å²) in [5.41, 5.74) is 1.11. The highest BCUT2D eigenvalue weighted by Gasteiger charge is 2.19. The SMILES string of the molecule is COc1cccc(OC)c1C(=O)NCc1nnnn1-c1ccc(Br)cc1. The molecule has 0 unspecified atom stereocenters. The quantitative estimate of drug-likeness (QED) is 0.661. The van der Waals surface area contributed by atoms with E-state index in [1.807, 2.05) is 24.3 Å². The van der Waals surface area contributed by atoms with Crippen LogP contribution in [0.1, 0.15) is 16.2 Å². The number of halogens is 1. The monoisotopic (exact) mass is 417 g/mol. The molecule has 0 fully saturated rings. The van der Waals surface area contributed by atoms with Gasteiger partial charge in [-0.2, -0.15) is 4.68 Å². The molecule has 0 atom stereocenters. The maximum atomic E-state index is 12.6. The van der Waals surface area contributed by atoms with Crippen molar-refractivity contribution < 1.29 is 14.3 Å². The second kappa shape index (κ2) is 7.96. The van der Waals surface area contributed by atoms with Gasteiger partial charge in [-0.15, -0.1) is 5.10 Å². The first-order chi connectivity index (χ1) is 12.6. The molecule has 26 heavy (non-hydrogen) atoms. The maximum Gasteiger partial charge on any atom is 0.259 e. The first-order valence-corrected chi connectivity index (χ1v) is 8.45. The summed E-state index contributed by atoms with van der Waals surface area (Å²) in [7, 11) is 3.00. The summed E-state index contributed by atoms with van der Waals surface area (Å²) in [6.45, 7) is 0.142. The van der Waals surface area contributed by atoms with Crippen molar-refractivity contribution in [3.63, 3.8) is 0 Å². The molecule has 0 aliphatic heterocycles. The molecule has 0 aliphatic carbocycles. The van der Waals surface area contributed by atoms with Crippen LogP contribution in [0.3, 0.4) is 0 Å². The number of amides is 1. The molecule has 1 N–H and O–H groups in total. The number of hydrogen-bond donors (Lipinski definition) is 1. The van der Waals surface area contributed by atoms with Gasteiger partial charge < -0.3 is 14.8 Å². The Kier molecular flexibility index (Phi) is 5.47. The Morgan fingerprint density at radius 3 is 2.38 bits per heavy atom. The predicted molar refractivity (Wildman–Crippen MR) is 97.6 cm³/mol. The molecule has 0 saturated heterocycles. The molecule has 1 aromatic heterocycles. The van der Waals surface area contributed by atoms with E-state index in [9.17, 15) is 4.79 Å². The van der Waals surface area contributed by atoms with Crippen LogP contribution in [0.2, 0.25) is 0 Å². The normalized spacial score (nSPS) is 10.4. The van der Waals surface area contributed by atoms with Gasteiger partial charge in [0.15, 0.2) is 5.82 Å². The Morgan fingerprint density at radius 2 is 1.77 bits per heavy atom. The number of carbonyl (C=O) groups is 1. The van der Waals surface area contributed by atoms with Crippen LogP contribution in [-0.2, 0) is 6.54 Å². The highest BCUT2D eigenvalue weighted by molar-refractivity contribution is 9.10. The van der Waals surface area contributed by atoms with E-state index in [0.717, 1.165) is 10.2 Å². The fourth-order valence-electron chi connectivity index (χ4n) is 2.42. The number of ether oxygens (including phenoxy) is 2. The fraction of sp³-hybridized carbons (Fsp3) is 0.176. The van der Waals surface area contributed by atoms with Crippen LogP contribution in [0, 0.1) is 0 Å². The van der Waals surface area contributed by atoms with Crippen LogP contribution in [-0.4, -0.2) is 40.3 Å². The first kappa shape index (κ1) is 17.9. The minimum absolute atomic E-state index is 0.142. The van der Waals surface area contributed by atoms with E-state index >= 15 is 0 Å². The van der Waals surface area contributed by atoms with Crippen LogP contribution in [0.5, 0.6) is 11.5 Å². The summed E-state index contributed by atoms with van der Waals surface area (Å²) in [6, 6.07) is 12.7. The third-order valence-electron chi connectivity index (χ3n) is 3.67. The molecule has 0 aliphatic rings. The van der Waals surface area contributed by atoms with Gasteiger partial charge in [-0.3, -0.25) is 4.79 Å². The lowest BCUT2D eigenvalue weighted by Crippen LogP contribution is -2.25. The van der Waals surface area contributed by atoms with E-state index in [2.05, 4.69) is 36.8 Å². The number of methoxy groups -OCH3 is 2. The summed E-state index contributed by atoms with van der Waals surface area (Å²) in [5.74, 6) is 1.00. The van der Waals surface area contributed by atoms with Crippen molar-refractivity contribution in [3.05, 3.63) is 58.3 Å². The van der Waals surface area contributed by atoms with E-state index in [0.29, 0.717) is 22.9 Å². The number of carbonyl (C=O) groups excluding carboxylic acids is 1. The lowest BCUT2D eigenvalue weighted by Gasteiger charge is -2.13. The molecule has 8 nitrogen and oxygen atoms in total. The van der Waals surface area contributed by atoms with Gasteiger partial charge in [-0.1, -0.05) is 22.0 Å². The van der Waals surface area contributed by atoms with Crippen molar-refractivity contribution in [2.45, 2.75) is 6.54 Å². The highest BCUT2D eigenvalue weighted by atomic mass is 79.9. The topological polar surface area (TPSA) is 91.2 Å². The summed E-state index contributed by atoms with van der Waals surface area (Å²) < 4.78 is 13.0. The van der Waals surface area contributed by atoms with E-state index in [1.165, 1.54) is 14.2 Å². The lowest BCUT2D eigenvalue weighted by atomic mass is 10.1. The molecule has 9 heteroatoms. The number of aromatic nitrogens is 4. The highest BCUT2D eigenvalue weighted by Crippen LogP contribution is 2.28. The van der Waals surface area contributed by atoms with Crippen LogP contribution < -0.4 is 14.8 Å². The minimum atomic E-state index is -0.343. The number of tetrazole rings is 1. The second-order valence-corrected chi connectivity index (χ2v) is 6.12. The van der Waals surface area contributed by atoms with Crippen molar-refractivity contribution in [2.75, 3.05) is 14.2 Å². The molecule has 0 bridgehead atoms. The van der Waals surface area contributed by atoms with E-state index in [-0.39, 0.29) is 12.5 Å². The molecule has 0 spiro atoms. The zero-order chi connectivity index (χ0) is 18.5. The van der Waals surface area contributed by atoms with Gasteiger partial charge in [0.05, 0.1) is 26.5 Å². The zero-order valence-corrected chi connectivity index (χ0v) is 15.7. The molecule has 1 amide bonds. The third kappa shape index (κ3) is 3.67. The first-order valence-electron chi connectivity index (χ1n) is 7.66. The Morgan fingerprint density at radius 1 is 1.12 bits per heavy atom. The maximum absolute atomic E-state index is 12.6. The average Bonchev–Trinajstić information content (AvgIpc) is 3.14. The minimum Gasteiger partial charge on any atom is -0.496 e. The van der Waals surface area contributed by atoms with Gasteiger partial charge >= 0.3 is 0 Å². The Bertz CT molecular complexity index is 889. The van der Waals surface area contributed by atoms with Crippen LogP contribution in [0.15, 0.2) is 46.9 Å². The number of hydrogen-bond acceptors (Lipinski definition) is 6. The van der Waals surface area contributed by atoms with Crippen molar-refractivity contribution in [3.8, 4) is 17.2 Å². The number of nitrogens with one attached hydrogen (secondary N) is 1. The molecule has 3 aromatic rings. The number of benzene rings is 2. The molecule has 1 heterocycles.